The SMILES string of the molecule is O=[PH](F)OB(O)O. The van der Waals surface area contributed by atoms with E-state index in [9.17, 15) is 8.76 Å². The lowest BCUT2D eigenvalue weighted by Gasteiger charge is -1.89. The second-order valence-corrected chi connectivity index (χ2v) is 1.39. The highest BCUT2D eigenvalue weighted by Crippen LogP contribution is 2.22. The molecule has 0 radical (unpaired) electrons. The van der Waals surface area contributed by atoms with Crippen LogP contribution in [0.5, 0.6) is 0 Å². The molecule has 0 aromatic rings. The third-order valence-electron chi connectivity index (χ3n) is 0.198. The maximum absolute atomic E-state index is 11.0. The highest BCUT2D eigenvalue weighted by Gasteiger charge is 2.10. The summed E-state index contributed by atoms with van der Waals surface area (Å²) < 4.78 is 23.4. The van der Waals surface area contributed by atoms with E-state index in [1.807, 2.05) is 0 Å². The molecule has 0 aliphatic rings. The molecule has 0 spiro atoms. The van der Waals surface area contributed by atoms with E-state index in [2.05, 4.69) is 4.44 Å². The van der Waals surface area contributed by atoms with Gasteiger partial charge in [-0.2, -0.15) is 4.20 Å². The number of halogens is 1. The topological polar surface area (TPSA) is 66.8 Å². The second-order valence-electron chi connectivity index (χ2n) is 0.682. The molecule has 1 unspecified atom stereocenters. The molecule has 0 aliphatic heterocycles. The first-order chi connectivity index (χ1) is 3.13. The molecule has 0 amide bonds. The van der Waals surface area contributed by atoms with E-state index in [0.29, 0.717) is 0 Å². The third kappa shape index (κ3) is 6.10. The molecular weight excluding hydrogens is 125 g/mol. The molecule has 0 aromatic carbocycles. The van der Waals surface area contributed by atoms with Gasteiger partial charge >= 0.3 is 15.7 Å². The Hall–Kier alpha value is 0.105. The minimum absolute atomic E-state index is 2.27. The first kappa shape index (κ1) is 7.10. The maximum atomic E-state index is 11.0. The molecule has 0 aliphatic carbocycles. The van der Waals surface area contributed by atoms with Gasteiger partial charge in [0.15, 0.2) is 0 Å². The molecular formula is H3BFO4P. The summed E-state index contributed by atoms with van der Waals surface area (Å²) in [6, 6.07) is 0. The Balaban J connectivity index is 3.13. The predicted octanol–water partition coefficient (Wildman–Crippen LogP) is -0.668. The molecule has 0 saturated carbocycles. The monoisotopic (exact) mass is 128 g/mol. The van der Waals surface area contributed by atoms with Crippen LogP contribution in [0.1, 0.15) is 0 Å². The molecule has 0 rings (SSSR count). The minimum atomic E-state index is -3.68. The zero-order valence-corrected chi connectivity index (χ0v) is 4.17. The Bertz CT molecular complexity index is 72.1. The van der Waals surface area contributed by atoms with Crippen LogP contribution in [0, 0.1) is 0 Å². The Morgan fingerprint density at radius 2 is 2.14 bits per heavy atom. The van der Waals surface area contributed by atoms with Crippen molar-refractivity contribution in [2.24, 2.45) is 0 Å². The van der Waals surface area contributed by atoms with Gasteiger partial charge in [-0.25, -0.2) is 0 Å². The summed E-state index contributed by atoms with van der Waals surface area (Å²) in [5.74, 6) is 0. The average molecular weight is 128 g/mol. The summed E-state index contributed by atoms with van der Waals surface area (Å²) in [4.78, 5) is 0. The molecule has 0 bridgehead atoms. The quantitative estimate of drug-likeness (QED) is 0.382. The summed E-state index contributed by atoms with van der Waals surface area (Å²) in [6.07, 6.45) is 0. The van der Waals surface area contributed by atoms with Gasteiger partial charge in [0.05, 0.1) is 0 Å². The van der Waals surface area contributed by atoms with E-state index in [0.717, 1.165) is 0 Å². The van der Waals surface area contributed by atoms with Crippen molar-refractivity contribution in [2.45, 2.75) is 0 Å². The van der Waals surface area contributed by atoms with Crippen LogP contribution in [0.3, 0.4) is 0 Å². The molecule has 1 atom stereocenters. The van der Waals surface area contributed by atoms with Crippen molar-refractivity contribution in [3.63, 3.8) is 0 Å². The molecule has 4 nitrogen and oxygen atoms in total. The van der Waals surface area contributed by atoms with E-state index in [-0.39, 0.29) is 0 Å². The molecule has 0 saturated heterocycles. The van der Waals surface area contributed by atoms with Crippen LogP contribution < -0.4 is 0 Å². The summed E-state index contributed by atoms with van der Waals surface area (Å²) in [6.45, 7) is 0. The summed E-state index contributed by atoms with van der Waals surface area (Å²) in [7, 11) is -5.95. The van der Waals surface area contributed by atoms with Gasteiger partial charge in [-0.1, -0.05) is 0 Å². The van der Waals surface area contributed by atoms with Gasteiger partial charge in [-0.05, 0) is 0 Å². The lowest BCUT2D eigenvalue weighted by molar-refractivity contribution is 0.285. The third-order valence-corrected chi connectivity index (χ3v) is 0.594. The van der Waals surface area contributed by atoms with Crippen LogP contribution >= 0.6 is 8.34 Å². The van der Waals surface area contributed by atoms with Gasteiger partial charge < -0.3 is 14.5 Å². The van der Waals surface area contributed by atoms with Crippen LogP contribution in [-0.4, -0.2) is 17.4 Å². The van der Waals surface area contributed by atoms with Gasteiger partial charge in [0, 0.05) is 0 Å². The Kier molecular flexibility index (Phi) is 3.20. The van der Waals surface area contributed by atoms with Crippen LogP contribution in [0.4, 0.5) is 4.20 Å². The smallest absolute Gasteiger partial charge is 0.401 e. The fourth-order valence-corrected chi connectivity index (χ4v) is 0.249. The van der Waals surface area contributed by atoms with Crippen molar-refractivity contribution < 1.29 is 23.3 Å². The van der Waals surface area contributed by atoms with Crippen molar-refractivity contribution in [2.75, 3.05) is 0 Å². The molecule has 0 fully saturated rings. The van der Waals surface area contributed by atoms with E-state index < -0.39 is 15.7 Å². The zero-order valence-electron chi connectivity index (χ0n) is 3.17. The van der Waals surface area contributed by atoms with Gasteiger partial charge in [0.2, 0.25) is 0 Å². The van der Waals surface area contributed by atoms with Gasteiger partial charge in [0.1, 0.15) is 0 Å². The fourth-order valence-electron chi connectivity index (χ4n) is 0.0829. The first-order valence-electron chi connectivity index (χ1n) is 1.35. The number of hydrogen-bond acceptors (Lipinski definition) is 4. The molecule has 0 aromatic heterocycles. The van der Waals surface area contributed by atoms with Crippen molar-refractivity contribution in [1.82, 2.24) is 0 Å². The normalized spacial score (nSPS) is 13.6. The van der Waals surface area contributed by atoms with Crippen molar-refractivity contribution >= 4 is 15.7 Å². The molecule has 0 heterocycles. The summed E-state index contributed by atoms with van der Waals surface area (Å²) in [5, 5.41) is 15.3. The maximum Gasteiger partial charge on any atom is 0.640 e. The van der Waals surface area contributed by atoms with Crippen LogP contribution in [-0.2, 0) is 9.01 Å². The van der Waals surface area contributed by atoms with Gasteiger partial charge in [0.25, 0.3) is 0 Å². The Labute approximate surface area is 40.1 Å². The van der Waals surface area contributed by atoms with E-state index in [4.69, 9.17) is 10.0 Å². The Morgan fingerprint density at radius 1 is 1.71 bits per heavy atom. The van der Waals surface area contributed by atoms with Crippen molar-refractivity contribution in [3.05, 3.63) is 0 Å². The van der Waals surface area contributed by atoms with Gasteiger partial charge in [-0.3, -0.25) is 4.57 Å². The molecule has 7 heavy (non-hydrogen) atoms. The Morgan fingerprint density at radius 3 is 2.14 bits per heavy atom. The second kappa shape index (κ2) is 3.15. The molecule has 2 N–H and O–H groups in total. The van der Waals surface area contributed by atoms with Crippen molar-refractivity contribution in [1.29, 1.82) is 0 Å². The van der Waals surface area contributed by atoms with Crippen LogP contribution in [0.15, 0.2) is 0 Å². The van der Waals surface area contributed by atoms with E-state index in [1.54, 1.807) is 0 Å². The number of hydrogen-bond donors (Lipinski definition) is 2. The summed E-state index contributed by atoms with van der Waals surface area (Å²) >= 11 is 0. The molecule has 7 heteroatoms. The van der Waals surface area contributed by atoms with E-state index >= 15 is 0 Å². The number of rotatable bonds is 2. The fraction of sp³-hybridized carbons (Fsp3) is 0. The van der Waals surface area contributed by atoms with Gasteiger partial charge in [-0.15, -0.1) is 0 Å². The lowest BCUT2D eigenvalue weighted by Crippen LogP contribution is -2.10. The molecule has 42 valence electrons. The first-order valence-corrected chi connectivity index (χ1v) is 2.54. The average Bonchev–Trinajstić information content (AvgIpc) is 1.27. The minimum Gasteiger partial charge on any atom is -0.401 e. The summed E-state index contributed by atoms with van der Waals surface area (Å²) in [5.41, 5.74) is 0. The largest absolute Gasteiger partial charge is 0.640 e. The van der Waals surface area contributed by atoms with Crippen molar-refractivity contribution in [3.8, 4) is 0 Å². The highest BCUT2D eigenvalue weighted by atomic mass is 31.2. The van der Waals surface area contributed by atoms with E-state index in [1.165, 1.54) is 0 Å². The lowest BCUT2D eigenvalue weighted by atomic mass is 10.3. The van der Waals surface area contributed by atoms with Crippen LogP contribution in [0.2, 0.25) is 0 Å². The predicted molar refractivity (Wildman–Crippen MR) is 21.4 cm³/mol. The van der Waals surface area contributed by atoms with Crippen LogP contribution in [0.25, 0.3) is 0 Å². The zero-order chi connectivity index (χ0) is 5.86. The standard InChI is InChI=1S/BFH3O4P/c2-7(5)6-1(3)4/h3-4,7H. The highest BCUT2D eigenvalue weighted by molar-refractivity contribution is 7.34.